The first kappa shape index (κ1) is 21.2. The first-order chi connectivity index (χ1) is 14.1. The summed E-state index contributed by atoms with van der Waals surface area (Å²) < 4.78 is 54.3. The molecule has 158 valence electrons. The average molecular weight is 423 g/mol. The number of rotatable bonds is 4. The molecular weight excluding hydrogens is 407 g/mol. The van der Waals surface area contributed by atoms with Gasteiger partial charge in [0.1, 0.15) is 11.4 Å². The van der Waals surface area contributed by atoms with Crippen LogP contribution in [0.15, 0.2) is 47.2 Å². The number of fused-ring (bicyclic) bond motifs is 3. The topological polar surface area (TPSA) is 82.1 Å². The molecule has 0 N–H and O–H groups in total. The average Bonchev–Trinajstić information content (AvgIpc) is 2.74. The first-order valence-corrected chi connectivity index (χ1v) is 8.53. The Labute approximate surface area is 169 Å². The van der Waals surface area contributed by atoms with Crippen molar-refractivity contribution in [1.82, 2.24) is 0 Å². The first-order valence-electron chi connectivity index (χ1n) is 8.53. The van der Waals surface area contributed by atoms with Crippen LogP contribution in [0.25, 0.3) is 6.08 Å². The maximum Gasteiger partial charge on any atom is 0.454 e. The van der Waals surface area contributed by atoms with E-state index in [9.17, 15) is 27.6 Å². The highest BCUT2D eigenvalue weighted by atomic mass is 19.4. The van der Waals surface area contributed by atoms with Crippen LogP contribution in [0, 0.1) is 0 Å². The highest BCUT2D eigenvalue weighted by Crippen LogP contribution is 2.42. The van der Waals surface area contributed by atoms with Gasteiger partial charge in [-0.1, -0.05) is 12.2 Å². The largest absolute Gasteiger partial charge is 0.497 e. The van der Waals surface area contributed by atoms with Gasteiger partial charge in [0.25, 0.3) is 5.78 Å². The van der Waals surface area contributed by atoms with Crippen LogP contribution in [-0.4, -0.2) is 51.3 Å². The SMILES string of the molecule is COC(=O)C1=C(C(=O)OC)N2c3ccc(OC)cc3C=CC2C(C(=O)C(F)(F)F)=C1. The third kappa shape index (κ3) is 3.44. The second-order valence-electron chi connectivity index (χ2n) is 6.27. The van der Waals surface area contributed by atoms with Gasteiger partial charge in [0.15, 0.2) is 0 Å². The third-order valence-corrected chi connectivity index (χ3v) is 4.65. The number of carbonyl (C=O) groups excluding carboxylic acids is 3. The van der Waals surface area contributed by atoms with Gasteiger partial charge in [-0.15, -0.1) is 0 Å². The number of benzene rings is 1. The van der Waals surface area contributed by atoms with E-state index in [-0.39, 0.29) is 11.4 Å². The van der Waals surface area contributed by atoms with Crippen LogP contribution >= 0.6 is 0 Å². The number of Topliss-reactive ketones (excluding diaryl/α,β-unsaturated/α-hetero) is 1. The maximum absolute atomic E-state index is 13.2. The molecule has 1 atom stereocenters. The van der Waals surface area contributed by atoms with Crippen LogP contribution in [-0.2, 0) is 23.9 Å². The number of ether oxygens (including phenoxy) is 3. The molecular formula is C20H16F3NO6. The van der Waals surface area contributed by atoms with Crippen molar-refractivity contribution in [2.75, 3.05) is 26.2 Å². The summed E-state index contributed by atoms with van der Waals surface area (Å²) in [5.74, 6) is -3.74. The van der Waals surface area contributed by atoms with Crippen molar-refractivity contribution < 1.29 is 41.8 Å². The minimum absolute atomic E-state index is 0.283. The van der Waals surface area contributed by atoms with Gasteiger partial charge in [-0.25, -0.2) is 9.59 Å². The van der Waals surface area contributed by atoms with E-state index < -0.39 is 41.1 Å². The van der Waals surface area contributed by atoms with Gasteiger partial charge < -0.3 is 19.1 Å². The monoisotopic (exact) mass is 423 g/mol. The van der Waals surface area contributed by atoms with Gasteiger partial charge in [-0.2, -0.15) is 13.2 Å². The molecule has 10 heteroatoms. The summed E-state index contributed by atoms with van der Waals surface area (Å²) in [4.78, 5) is 38.1. The Kier molecular flexibility index (Phi) is 5.43. The van der Waals surface area contributed by atoms with Crippen molar-refractivity contribution in [3.05, 3.63) is 52.8 Å². The Morgan fingerprint density at radius 2 is 1.70 bits per heavy atom. The highest BCUT2D eigenvalue weighted by Gasteiger charge is 2.48. The number of methoxy groups -OCH3 is 3. The minimum Gasteiger partial charge on any atom is -0.497 e. The third-order valence-electron chi connectivity index (χ3n) is 4.65. The number of halogens is 3. The summed E-state index contributed by atoms with van der Waals surface area (Å²) in [6, 6.07) is 3.34. The Morgan fingerprint density at radius 3 is 2.27 bits per heavy atom. The van der Waals surface area contributed by atoms with Gasteiger partial charge in [-0.05, 0) is 24.3 Å². The van der Waals surface area contributed by atoms with Crippen LogP contribution in [0.1, 0.15) is 5.56 Å². The number of anilines is 1. The molecule has 30 heavy (non-hydrogen) atoms. The molecule has 2 heterocycles. The molecule has 2 aliphatic rings. The molecule has 3 rings (SSSR count). The van der Waals surface area contributed by atoms with Gasteiger partial charge >= 0.3 is 18.1 Å². The van der Waals surface area contributed by atoms with Crippen LogP contribution in [0.3, 0.4) is 0 Å². The number of ketones is 1. The zero-order valence-electron chi connectivity index (χ0n) is 16.1. The molecule has 2 aliphatic heterocycles. The van der Waals surface area contributed by atoms with E-state index in [2.05, 4.69) is 4.74 Å². The van der Waals surface area contributed by atoms with Crippen molar-refractivity contribution in [3.8, 4) is 5.75 Å². The van der Waals surface area contributed by atoms with E-state index in [1.54, 1.807) is 6.07 Å². The Morgan fingerprint density at radius 1 is 1.03 bits per heavy atom. The lowest BCUT2D eigenvalue weighted by Crippen LogP contribution is -2.47. The fourth-order valence-corrected chi connectivity index (χ4v) is 3.32. The molecule has 0 bridgehead atoms. The van der Waals surface area contributed by atoms with E-state index in [0.717, 1.165) is 25.2 Å². The molecule has 0 aliphatic carbocycles. The lowest BCUT2D eigenvalue weighted by molar-refractivity contribution is -0.166. The van der Waals surface area contributed by atoms with Crippen molar-refractivity contribution in [2.45, 2.75) is 12.2 Å². The van der Waals surface area contributed by atoms with Crippen molar-refractivity contribution in [1.29, 1.82) is 0 Å². The number of hydrogen-bond acceptors (Lipinski definition) is 7. The van der Waals surface area contributed by atoms with Crippen LogP contribution in [0.5, 0.6) is 5.75 Å². The van der Waals surface area contributed by atoms with E-state index >= 15 is 0 Å². The van der Waals surface area contributed by atoms with Crippen LogP contribution < -0.4 is 9.64 Å². The molecule has 0 spiro atoms. The van der Waals surface area contributed by atoms with Gasteiger partial charge in [0.05, 0.1) is 32.9 Å². The van der Waals surface area contributed by atoms with Crippen molar-refractivity contribution >= 4 is 29.5 Å². The van der Waals surface area contributed by atoms with Gasteiger partial charge in [0, 0.05) is 16.8 Å². The Bertz CT molecular complexity index is 1020. The van der Waals surface area contributed by atoms with Crippen molar-refractivity contribution in [2.24, 2.45) is 0 Å². The van der Waals surface area contributed by atoms with Gasteiger partial charge in [-0.3, -0.25) is 4.79 Å². The molecule has 1 aromatic carbocycles. The molecule has 1 unspecified atom stereocenters. The normalized spacial score (nSPS) is 17.6. The molecule has 0 saturated carbocycles. The van der Waals surface area contributed by atoms with E-state index in [1.165, 1.54) is 31.4 Å². The molecule has 0 aromatic heterocycles. The van der Waals surface area contributed by atoms with E-state index in [0.29, 0.717) is 11.3 Å². The summed E-state index contributed by atoms with van der Waals surface area (Å²) in [7, 11) is 3.51. The number of alkyl halides is 3. The molecule has 0 radical (unpaired) electrons. The van der Waals surface area contributed by atoms with Gasteiger partial charge in [0.2, 0.25) is 0 Å². The predicted octanol–water partition coefficient (Wildman–Crippen LogP) is 2.57. The fraction of sp³-hybridized carbons (Fsp3) is 0.250. The molecule has 0 saturated heterocycles. The summed E-state index contributed by atoms with van der Waals surface area (Å²) in [6.07, 6.45) is -1.62. The van der Waals surface area contributed by atoms with Crippen LogP contribution in [0.2, 0.25) is 0 Å². The number of hydrogen-bond donors (Lipinski definition) is 0. The van der Waals surface area contributed by atoms with Crippen molar-refractivity contribution in [3.63, 3.8) is 0 Å². The maximum atomic E-state index is 13.2. The molecule has 7 nitrogen and oxygen atoms in total. The Balaban J connectivity index is 2.33. The Hall–Kier alpha value is -3.56. The number of nitrogens with zero attached hydrogens (tertiary/aromatic N) is 1. The molecule has 1 aromatic rings. The zero-order chi connectivity index (χ0) is 22.2. The quantitative estimate of drug-likeness (QED) is 0.689. The summed E-state index contributed by atoms with van der Waals surface area (Å²) in [5.41, 5.74) is -0.815. The number of esters is 2. The number of carbonyl (C=O) groups is 3. The van der Waals surface area contributed by atoms with Crippen LogP contribution in [0.4, 0.5) is 18.9 Å². The minimum atomic E-state index is -5.18. The lowest BCUT2D eigenvalue weighted by Gasteiger charge is -2.40. The standard InChI is InChI=1S/C20H16F3NO6/c1-28-11-5-7-14-10(8-11)4-6-15-12(17(25)20(21,22)23)9-13(18(26)29-2)16(24(14)15)19(27)30-3/h4-9,15H,1-3H3. The highest BCUT2D eigenvalue weighted by molar-refractivity contribution is 6.11. The zero-order valence-corrected chi connectivity index (χ0v) is 16.1. The fourth-order valence-electron chi connectivity index (χ4n) is 3.32. The summed E-state index contributed by atoms with van der Waals surface area (Å²) in [6.45, 7) is 0. The lowest BCUT2D eigenvalue weighted by atomic mass is 9.88. The molecule has 0 fully saturated rings. The predicted molar refractivity (Wildman–Crippen MR) is 98.5 cm³/mol. The molecule has 0 amide bonds. The van der Waals surface area contributed by atoms with E-state index in [1.807, 2.05) is 0 Å². The van der Waals surface area contributed by atoms with E-state index in [4.69, 9.17) is 9.47 Å². The second-order valence-corrected chi connectivity index (χ2v) is 6.27. The second kappa shape index (κ2) is 7.69. The summed E-state index contributed by atoms with van der Waals surface area (Å²) >= 11 is 0. The smallest absolute Gasteiger partial charge is 0.454 e. The summed E-state index contributed by atoms with van der Waals surface area (Å²) in [5, 5.41) is 0.